The van der Waals surface area contributed by atoms with Crippen LogP contribution in [0.15, 0.2) is 25.1 Å². The van der Waals surface area contributed by atoms with Gasteiger partial charge in [-0.1, -0.05) is 19.7 Å². The van der Waals surface area contributed by atoms with E-state index in [9.17, 15) is 0 Å². The van der Waals surface area contributed by atoms with Gasteiger partial charge < -0.3 is 4.43 Å². The van der Waals surface area contributed by atoms with Crippen LogP contribution in [0.1, 0.15) is 7.43 Å². The zero-order valence-corrected chi connectivity index (χ0v) is 6.48. The summed E-state index contributed by atoms with van der Waals surface area (Å²) in [5.74, 6) is 0. The Kier molecular flexibility index (Phi) is 5.51. The van der Waals surface area contributed by atoms with Gasteiger partial charge >= 0.3 is 0 Å². The van der Waals surface area contributed by atoms with Gasteiger partial charge in [-0.2, -0.15) is 0 Å². The van der Waals surface area contributed by atoms with Crippen molar-refractivity contribution in [3.05, 3.63) is 25.1 Å². The van der Waals surface area contributed by atoms with Gasteiger partial charge in [-0.25, -0.2) is 0 Å². The molecule has 0 rings (SSSR count). The fourth-order valence-corrected chi connectivity index (χ4v) is 0.789. The molecule has 9 heavy (non-hydrogen) atoms. The lowest BCUT2D eigenvalue weighted by Crippen LogP contribution is -2.24. The summed E-state index contributed by atoms with van der Waals surface area (Å²) in [5, 5.41) is 0. The molecule has 0 atom stereocenters. The Morgan fingerprint density at radius 2 is 1.78 bits per heavy atom. The van der Waals surface area contributed by atoms with Crippen molar-refractivity contribution in [3.63, 3.8) is 0 Å². The molecule has 1 nitrogen and oxygen atoms in total. The SMILES string of the molecule is C.C=CO[Si](C)(C)C=C. The fraction of sp³-hybridized carbons (Fsp3) is 0.429. The molecule has 0 spiro atoms. The van der Waals surface area contributed by atoms with E-state index in [1.54, 1.807) is 0 Å². The number of hydrogen-bond acceptors (Lipinski definition) is 1. The van der Waals surface area contributed by atoms with Crippen molar-refractivity contribution in [2.24, 2.45) is 0 Å². The van der Waals surface area contributed by atoms with E-state index < -0.39 is 8.32 Å². The molecule has 0 aromatic heterocycles. The van der Waals surface area contributed by atoms with E-state index in [0.29, 0.717) is 0 Å². The lowest BCUT2D eigenvalue weighted by molar-refractivity contribution is 0.487. The van der Waals surface area contributed by atoms with Crippen LogP contribution in [-0.4, -0.2) is 8.32 Å². The molecule has 0 fully saturated rings. The predicted octanol–water partition coefficient (Wildman–Crippen LogP) is 2.71. The second-order valence-electron chi connectivity index (χ2n) is 2.09. The summed E-state index contributed by atoms with van der Waals surface area (Å²) < 4.78 is 5.16. The molecule has 2 heteroatoms. The van der Waals surface area contributed by atoms with Crippen molar-refractivity contribution in [2.45, 2.75) is 20.5 Å². The van der Waals surface area contributed by atoms with Crippen LogP contribution in [-0.2, 0) is 4.43 Å². The summed E-state index contributed by atoms with van der Waals surface area (Å²) in [6.07, 6.45) is 1.48. The highest BCUT2D eigenvalue weighted by Crippen LogP contribution is 2.03. The summed E-state index contributed by atoms with van der Waals surface area (Å²) in [5.41, 5.74) is 1.87. The van der Waals surface area contributed by atoms with E-state index in [4.69, 9.17) is 4.43 Å². The molecule has 0 saturated heterocycles. The molecule has 0 N–H and O–H groups in total. The molecule has 0 amide bonds. The van der Waals surface area contributed by atoms with Gasteiger partial charge in [0.15, 0.2) is 0 Å². The van der Waals surface area contributed by atoms with Crippen LogP contribution in [0.4, 0.5) is 0 Å². The molecule has 0 aromatic rings. The standard InChI is InChI=1S/C6H12OSi.CH4/c1-5-7-8(3,4)6-2;/h5-6H,1-2H2,3-4H3;1H4. The third kappa shape index (κ3) is 5.37. The molecule has 0 aliphatic rings. The second kappa shape index (κ2) is 4.38. The average molecular weight is 144 g/mol. The summed E-state index contributed by atoms with van der Waals surface area (Å²) in [6, 6.07) is 0. The first kappa shape index (κ1) is 11.3. The van der Waals surface area contributed by atoms with Gasteiger partial charge in [-0.05, 0) is 13.1 Å². The molecule has 0 bridgehead atoms. The quantitative estimate of drug-likeness (QED) is 0.437. The predicted molar refractivity (Wildman–Crippen MR) is 45.7 cm³/mol. The van der Waals surface area contributed by atoms with E-state index in [-0.39, 0.29) is 7.43 Å². The van der Waals surface area contributed by atoms with Gasteiger partial charge in [0.1, 0.15) is 0 Å². The molecule has 0 aliphatic carbocycles. The molecule has 0 aliphatic heterocycles. The second-order valence-corrected chi connectivity index (χ2v) is 5.94. The third-order valence-corrected chi connectivity index (χ3v) is 2.64. The minimum atomic E-state index is -1.53. The highest BCUT2D eigenvalue weighted by molar-refractivity contribution is 6.76. The summed E-state index contributed by atoms with van der Waals surface area (Å²) in [7, 11) is -1.53. The van der Waals surface area contributed by atoms with Gasteiger partial charge in [0.25, 0.3) is 8.32 Å². The normalized spacial score (nSPS) is 9.11. The van der Waals surface area contributed by atoms with Crippen LogP contribution >= 0.6 is 0 Å². The maximum absolute atomic E-state index is 5.16. The molecule has 54 valence electrons. The molecule has 0 saturated carbocycles. The van der Waals surface area contributed by atoms with Crippen LogP contribution < -0.4 is 0 Å². The lowest BCUT2D eigenvalue weighted by Gasteiger charge is -2.14. The van der Waals surface area contributed by atoms with E-state index in [2.05, 4.69) is 26.3 Å². The van der Waals surface area contributed by atoms with E-state index in [1.165, 1.54) is 6.26 Å². The summed E-state index contributed by atoms with van der Waals surface area (Å²) >= 11 is 0. The Labute approximate surface area is 59.2 Å². The van der Waals surface area contributed by atoms with Gasteiger partial charge in [0, 0.05) is 0 Å². The minimum Gasteiger partial charge on any atom is -0.546 e. The van der Waals surface area contributed by atoms with Crippen molar-refractivity contribution in [3.8, 4) is 0 Å². The summed E-state index contributed by atoms with van der Waals surface area (Å²) in [6.45, 7) is 11.2. The topological polar surface area (TPSA) is 9.23 Å². The van der Waals surface area contributed by atoms with Crippen molar-refractivity contribution >= 4 is 8.32 Å². The number of hydrogen-bond donors (Lipinski definition) is 0. The van der Waals surface area contributed by atoms with E-state index >= 15 is 0 Å². The van der Waals surface area contributed by atoms with Gasteiger partial charge in [0.2, 0.25) is 0 Å². The maximum atomic E-state index is 5.16. The smallest absolute Gasteiger partial charge is 0.268 e. The molecule has 0 radical (unpaired) electrons. The van der Waals surface area contributed by atoms with Crippen LogP contribution in [0.2, 0.25) is 13.1 Å². The molecule has 0 aromatic carbocycles. The maximum Gasteiger partial charge on any atom is 0.268 e. The van der Waals surface area contributed by atoms with Gasteiger partial charge in [-0.3, -0.25) is 0 Å². The highest BCUT2D eigenvalue weighted by Gasteiger charge is 2.15. The monoisotopic (exact) mass is 144 g/mol. The molecule has 0 unspecified atom stereocenters. The minimum absolute atomic E-state index is 0. The van der Waals surface area contributed by atoms with E-state index in [0.717, 1.165) is 0 Å². The van der Waals surface area contributed by atoms with Crippen molar-refractivity contribution in [2.75, 3.05) is 0 Å². The highest BCUT2D eigenvalue weighted by atomic mass is 28.4. The molecular formula is C7H16OSi. The molecule has 0 heterocycles. The Morgan fingerprint density at radius 3 is 1.89 bits per heavy atom. The summed E-state index contributed by atoms with van der Waals surface area (Å²) in [4.78, 5) is 0. The Balaban J connectivity index is 0. The Morgan fingerprint density at radius 1 is 1.33 bits per heavy atom. The number of rotatable bonds is 3. The first-order chi connectivity index (χ1) is 3.62. The Hall–Kier alpha value is -0.503. The largest absolute Gasteiger partial charge is 0.546 e. The first-order valence-corrected chi connectivity index (χ1v) is 5.53. The van der Waals surface area contributed by atoms with Crippen LogP contribution in [0.25, 0.3) is 0 Å². The van der Waals surface area contributed by atoms with Crippen LogP contribution in [0, 0.1) is 0 Å². The van der Waals surface area contributed by atoms with Gasteiger partial charge in [-0.15, -0.1) is 6.58 Å². The Bertz CT molecular complexity index is 97.1. The third-order valence-electron chi connectivity index (χ3n) is 0.879. The average Bonchev–Trinajstić information content (AvgIpc) is 1.67. The molecular weight excluding hydrogens is 128 g/mol. The van der Waals surface area contributed by atoms with Gasteiger partial charge in [0.05, 0.1) is 6.26 Å². The van der Waals surface area contributed by atoms with Crippen LogP contribution in [0.3, 0.4) is 0 Å². The first-order valence-electron chi connectivity index (χ1n) is 2.54. The van der Waals surface area contributed by atoms with E-state index in [1.807, 2.05) is 5.70 Å². The van der Waals surface area contributed by atoms with Crippen molar-refractivity contribution < 1.29 is 4.43 Å². The van der Waals surface area contributed by atoms with Crippen LogP contribution in [0.5, 0.6) is 0 Å². The lowest BCUT2D eigenvalue weighted by atomic mass is 11.2. The zero-order chi connectivity index (χ0) is 6.62. The van der Waals surface area contributed by atoms with Crippen molar-refractivity contribution in [1.82, 2.24) is 0 Å². The van der Waals surface area contributed by atoms with Crippen molar-refractivity contribution in [1.29, 1.82) is 0 Å². The fourth-order valence-electron chi connectivity index (χ4n) is 0.263. The zero-order valence-electron chi connectivity index (χ0n) is 5.48.